The molecular weight excluding hydrogens is 248 g/mol. The van der Waals surface area contributed by atoms with Gasteiger partial charge in [-0.2, -0.15) is 0 Å². The molecule has 0 N–H and O–H groups in total. The zero-order chi connectivity index (χ0) is 0. The maximum absolute atomic E-state index is 0. The van der Waals surface area contributed by atoms with Crippen LogP contribution >= 0.6 is 86.8 Å². The van der Waals surface area contributed by atoms with Crippen molar-refractivity contribution in [2.24, 2.45) is 0 Å². The molecule has 0 amide bonds. The second-order valence-corrected chi connectivity index (χ2v) is 0. The first-order chi connectivity index (χ1) is 0. The first kappa shape index (κ1) is 141. The van der Waals surface area contributed by atoms with Crippen LogP contribution in [0, 0.1) is 0 Å². The van der Waals surface area contributed by atoms with Crippen LogP contribution < -0.4 is 0 Å². The van der Waals surface area contributed by atoms with Gasteiger partial charge in [-0.25, -0.2) is 0 Å². The first-order valence-electron chi connectivity index (χ1n) is 0. The third-order valence-corrected chi connectivity index (χ3v) is 0. The van der Waals surface area contributed by atoms with Crippen LogP contribution in [0.15, 0.2) is 0 Å². The lowest BCUT2D eigenvalue weighted by atomic mass is 35.5. The molecule has 7 heavy (non-hydrogen) atoms. The second-order valence-electron chi connectivity index (χ2n) is 0. The van der Waals surface area contributed by atoms with E-state index in [9.17, 15) is 0 Å². The van der Waals surface area contributed by atoms with Crippen LogP contribution in [0.25, 0.3) is 0 Å². The van der Waals surface area contributed by atoms with Crippen LogP contribution in [0.3, 0.4) is 0 Å². The number of hydrogen-bond acceptors (Lipinski definition) is 0. The molecule has 0 rings (SSSR count). The highest BCUT2D eigenvalue weighted by Gasteiger charge is -0.141. The summed E-state index contributed by atoms with van der Waals surface area (Å²) in [5, 5.41) is 0. The fourth-order valence-electron chi connectivity index (χ4n) is 0. The molecular formula is H7Cl7. The van der Waals surface area contributed by atoms with Crippen molar-refractivity contribution in [1.82, 2.24) is 0 Å². The Kier molecular flexibility index (Phi) is 1940. The van der Waals surface area contributed by atoms with E-state index in [1.807, 2.05) is 0 Å². The molecule has 56 valence electrons. The van der Waals surface area contributed by atoms with Gasteiger partial charge in [0.1, 0.15) is 0 Å². The van der Waals surface area contributed by atoms with Gasteiger partial charge in [0.15, 0.2) is 0 Å². The molecule has 0 aromatic rings. The summed E-state index contributed by atoms with van der Waals surface area (Å²) in [5.74, 6) is 0. The van der Waals surface area contributed by atoms with Crippen molar-refractivity contribution in [3.8, 4) is 0 Å². The Morgan fingerprint density at radius 2 is 0.143 bits per heavy atom. The molecule has 0 unspecified atom stereocenters. The molecule has 0 aliphatic heterocycles. The number of halogens is 7. The lowest BCUT2D eigenvalue weighted by molar-refractivity contribution is 5.85. The molecule has 0 aromatic carbocycles. The molecule has 7 heteroatoms. The predicted octanol–water partition coefficient (Wildman–Crippen LogP) is 2.95. The normalized spacial score (nSPS) is 0. The van der Waals surface area contributed by atoms with Crippen LogP contribution in [-0.4, -0.2) is 0 Å². The van der Waals surface area contributed by atoms with Crippen LogP contribution in [0.1, 0.15) is 0 Å². The minimum Gasteiger partial charge on any atom is -0.147 e. The van der Waals surface area contributed by atoms with Crippen LogP contribution in [0.4, 0.5) is 0 Å². The third-order valence-electron chi connectivity index (χ3n) is 0. The lowest BCUT2D eigenvalue weighted by Crippen LogP contribution is 0.688. The maximum atomic E-state index is 0. The molecule has 0 aliphatic rings. The van der Waals surface area contributed by atoms with Crippen molar-refractivity contribution in [2.45, 2.75) is 0 Å². The molecule has 0 bridgehead atoms. The Balaban J connectivity index is 0. The highest BCUT2D eigenvalue weighted by molar-refractivity contribution is 5.86. The van der Waals surface area contributed by atoms with Gasteiger partial charge in [-0.3, -0.25) is 0 Å². The van der Waals surface area contributed by atoms with E-state index in [1.165, 1.54) is 0 Å². The van der Waals surface area contributed by atoms with Crippen LogP contribution in [0.5, 0.6) is 0 Å². The molecule has 0 atom stereocenters. The molecule has 0 fully saturated rings. The minimum atomic E-state index is 0. The second kappa shape index (κ2) is 96.3. The quantitative estimate of drug-likeness (QED) is 0.624. The average molecular weight is 255 g/mol. The van der Waals surface area contributed by atoms with Gasteiger partial charge in [-0.05, 0) is 0 Å². The fraction of sp³-hybridized carbons (Fsp3) is 0. The van der Waals surface area contributed by atoms with Gasteiger partial charge in [-0.1, -0.05) is 0 Å². The Labute approximate surface area is 86.4 Å². The van der Waals surface area contributed by atoms with Crippen molar-refractivity contribution in [3.05, 3.63) is 0 Å². The summed E-state index contributed by atoms with van der Waals surface area (Å²) in [7, 11) is 0. The number of hydrogen-bond donors (Lipinski definition) is 0. The maximum Gasteiger partial charge on any atom is -0.147 e. The number of rotatable bonds is 0. The molecule has 0 saturated carbocycles. The topological polar surface area (TPSA) is 0 Å². The van der Waals surface area contributed by atoms with Gasteiger partial charge in [0, 0.05) is 0 Å². The first-order valence-corrected chi connectivity index (χ1v) is 0. The van der Waals surface area contributed by atoms with E-state index in [1.54, 1.807) is 0 Å². The van der Waals surface area contributed by atoms with Gasteiger partial charge in [0.05, 0.1) is 0 Å². The van der Waals surface area contributed by atoms with Crippen molar-refractivity contribution in [3.63, 3.8) is 0 Å². The smallest absolute Gasteiger partial charge is 0.147 e. The Morgan fingerprint density at radius 3 is 0.143 bits per heavy atom. The fourth-order valence-corrected chi connectivity index (χ4v) is 0. The largest absolute Gasteiger partial charge is 0.147 e. The van der Waals surface area contributed by atoms with E-state index in [0.717, 1.165) is 0 Å². The molecule has 0 aliphatic carbocycles. The third kappa shape index (κ3) is 70.9. The molecule has 0 spiro atoms. The Morgan fingerprint density at radius 1 is 0.143 bits per heavy atom. The minimum absolute atomic E-state index is 0. The van der Waals surface area contributed by atoms with Crippen molar-refractivity contribution >= 4 is 86.8 Å². The molecule has 0 saturated heterocycles. The van der Waals surface area contributed by atoms with E-state index in [4.69, 9.17) is 0 Å². The summed E-state index contributed by atoms with van der Waals surface area (Å²) >= 11 is 0. The molecule has 0 radical (unpaired) electrons. The van der Waals surface area contributed by atoms with Gasteiger partial charge < -0.3 is 0 Å². The summed E-state index contributed by atoms with van der Waals surface area (Å²) in [6, 6.07) is 0. The van der Waals surface area contributed by atoms with Crippen molar-refractivity contribution in [2.75, 3.05) is 0 Å². The van der Waals surface area contributed by atoms with E-state index in [0.29, 0.717) is 0 Å². The summed E-state index contributed by atoms with van der Waals surface area (Å²) in [6.45, 7) is 0. The SMILES string of the molecule is Cl.Cl.Cl.Cl.Cl.Cl.Cl. The highest BCUT2D eigenvalue weighted by atomic mass is 35.5. The molecule has 0 nitrogen and oxygen atoms in total. The van der Waals surface area contributed by atoms with Crippen LogP contribution in [0.2, 0.25) is 0 Å². The average Bonchev–Trinajstić information content (AvgIpc) is 0. The van der Waals surface area contributed by atoms with Gasteiger partial charge >= 0.3 is 0 Å². The lowest BCUT2D eigenvalue weighted by Gasteiger charge is -0.148. The summed E-state index contributed by atoms with van der Waals surface area (Å²) in [4.78, 5) is 0. The van der Waals surface area contributed by atoms with E-state index < -0.39 is 0 Å². The van der Waals surface area contributed by atoms with Gasteiger partial charge in [0.2, 0.25) is 0 Å². The van der Waals surface area contributed by atoms with E-state index in [-0.39, 0.29) is 86.8 Å². The zero-order valence-corrected chi connectivity index (χ0v) is 8.57. The van der Waals surface area contributed by atoms with Crippen molar-refractivity contribution in [1.29, 1.82) is 0 Å². The summed E-state index contributed by atoms with van der Waals surface area (Å²) < 4.78 is 0. The van der Waals surface area contributed by atoms with Crippen LogP contribution in [-0.2, 0) is 0 Å². The zero-order valence-electron chi connectivity index (χ0n) is 2.86. The monoisotopic (exact) mass is 252 g/mol. The highest BCUT2D eigenvalue weighted by Crippen LogP contribution is 0.695. The Hall–Kier alpha value is 2.03. The molecule has 0 heterocycles. The van der Waals surface area contributed by atoms with E-state index in [2.05, 4.69) is 0 Å². The molecule has 0 aromatic heterocycles. The van der Waals surface area contributed by atoms with Crippen molar-refractivity contribution < 1.29 is 0 Å². The predicted molar refractivity (Wildman–Crippen MR) is 50.7 cm³/mol. The summed E-state index contributed by atoms with van der Waals surface area (Å²) in [6.07, 6.45) is 0. The van der Waals surface area contributed by atoms with Gasteiger partial charge in [0.25, 0.3) is 0 Å². The van der Waals surface area contributed by atoms with E-state index >= 15 is 0 Å². The summed E-state index contributed by atoms with van der Waals surface area (Å²) in [5.41, 5.74) is 0. The Bertz CT molecular complexity index is 0. The van der Waals surface area contributed by atoms with Gasteiger partial charge in [-0.15, -0.1) is 86.8 Å². The standard InChI is InChI=1S/7ClH/h7*1H.